The molecule has 3 heterocycles. The zero-order chi connectivity index (χ0) is 19.5. The third-order valence-electron chi connectivity index (χ3n) is 5.07. The lowest BCUT2D eigenvalue weighted by Gasteiger charge is -2.16. The number of carbonyl (C=O) groups excluding carboxylic acids is 2. The van der Waals surface area contributed by atoms with E-state index in [9.17, 15) is 14.7 Å². The molecular formula is C19H22N4O4S. The topological polar surface area (TPSA) is 105 Å². The van der Waals surface area contributed by atoms with Crippen molar-refractivity contribution in [1.29, 1.82) is 0 Å². The monoisotopic (exact) mass is 402 g/mol. The molecule has 9 heteroatoms. The normalized spacial score (nSPS) is 22.0. The van der Waals surface area contributed by atoms with Gasteiger partial charge >= 0.3 is 0 Å². The van der Waals surface area contributed by atoms with Crippen molar-refractivity contribution in [3.05, 3.63) is 34.8 Å². The van der Waals surface area contributed by atoms with Crippen molar-refractivity contribution in [1.82, 2.24) is 15.1 Å². The Morgan fingerprint density at radius 2 is 2.14 bits per heavy atom. The predicted molar refractivity (Wildman–Crippen MR) is 103 cm³/mol. The van der Waals surface area contributed by atoms with Gasteiger partial charge in [-0.25, -0.2) is 0 Å². The quantitative estimate of drug-likeness (QED) is 0.767. The van der Waals surface area contributed by atoms with Crippen LogP contribution in [0.1, 0.15) is 35.9 Å². The molecule has 28 heavy (non-hydrogen) atoms. The van der Waals surface area contributed by atoms with Crippen molar-refractivity contribution < 1.29 is 19.4 Å². The van der Waals surface area contributed by atoms with Gasteiger partial charge in [-0.1, -0.05) is 23.5 Å². The van der Waals surface area contributed by atoms with E-state index in [1.54, 1.807) is 17.0 Å². The van der Waals surface area contributed by atoms with E-state index in [2.05, 4.69) is 15.5 Å². The van der Waals surface area contributed by atoms with Crippen molar-refractivity contribution >= 4 is 28.3 Å². The third kappa shape index (κ3) is 4.31. The molecule has 2 fully saturated rings. The van der Waals surface area contributed by atoms with Crippen LogP contribution >= 0.6 is 11.3 Å². The van der Waals surface area contributed by atoms with Gasteiger partial charge in [0.05, 0.1) is 5.92 Å². The van der Waals surface area contributed by atoms with Crippen LogP contribution in [0.3, 0.4) is 0 Å². The number of hydrogen-bond donors (Lipinski definition) is 2. The number of amides is 2. The fourth-order valence-electron chi connectivity index (χ4n) is 3.49. The van der Waals surface area contributed by atoms with Crippen LogP contribution in [0.2, 0.25) is 0 Å². The maximum absolute atomic E-state index is 12.5. The molecule has 0 unspecified atom stereocenters. The standard InChI is InChI=1S/C19H22N4O4S/c24-14-5-3-12(4-6-14)7-8-23-11-13(10-16(23)25)17(26)20-19-22-21-18(28-19)15-2-1-9-27-15/h3-6,13,15,24H,1-2,7-11H2,(H,20,22,26)/t13-,15-/m0/s1. The molecule has 2 saturated heterocycles. The first-order valence-corrected chi connectivity index (χ1v) is 10.2. The molecule has 1 aromatic heterocycles. The van der Waals surface area contributed by atoms with Crippen LogP contribution in [0.15, 0.2) is 24.3 Å². The van der Waals surface area contributed by atoms with Gasteiger partial charge in [0.25, 0.3) is 0 Å². The fraction of sp³-hybridized carbons (Fsp3) is 0.474. The number of aromatic nitrogens is 2. The van der Waals surface area contributed by atoms with Gasteiger partial charge in [-0.05, 0) is 37.0 Å². The van der Waals surface area contributed by atoms with E-state index in [0.717, 1.165) is 30.0 Å². The lowest BCUT2D eigenvalue weighted by atomic mass is 10.1. The van der Waals surface area contributed by atoms with Crippen LogP contribution in [0.4, 0.5) is 5.13 Å². The maximum atomic E-state index is 12.5. The summed E-state index contributed by atoms with van der Waals surface area (Å²) in [5.74, 6) is -0.383. The predicted octanol–water partition coefficient (Wildman–Crippen LogP) is 2.12. The van der Waals surface area contributed by atoms with Crippen LogP contribution in [0.5, 0.6) is 5.75 Å². The minimum Gasteiger partial charge on any atom is -0.508 e. The van der Waals surface area contributed by atoms with E-state index >= 15 is 0 Å². The second-order valence-corrected chi connectivity index (χ2v) is 8.10. The first kappa shape index (κ1) is 18.8. The Kier molecular flexibility index (Phi) is 5.54. The Morgan fingerprint density at radius 1 is 1.32 bits per heavy atom. The highest BCUT2D eigenvalue weighted by atomic mass is 32.1. The van der Waals surface area contributed by atoms with Crippen LogP contribution in [0.25, 0.3) is 0 Å². The Morgan fingerprint density at radius 3 is 2.89 bits per heavy atom. The number of hydrogen-bond acceptors (Lipinski definition) is 7. The summed E-state index contributed by atoms with van der Waals surface area (Å²) < 4.78 is 5.59. The number of nitrogens with one attached hydrogen (secondary N) is 1. The Labute approximate surface area is 166 Å². The average Bonchev–Trinajstić information content (AvgIpc) is 3.42. The molecule has 2 aliphatic heterocycles. The summed E-state index contributed by atoms with van der Waals surface area (Å²) >= 11 is 1.33. The van der Waals surface area contributed by atoms with Gasteiger partial charge < -0.3 is 20.1 Å². The van der Waals surface area contributed by atoms with Crippen LogP contribution in [-0.4, -0.2) is 51.7 Å². The molecule has 8 nitrogen and oxygen atoms in total. The van der Waals surface area contributed by atoms with Gasteiger partial charge in [-0.2, -0.15) is 0 Å². The summed E-state index contributed by atoms with van der Waals surface area (Å²) in [5, 5.41) is 21.5. The van der Waals surface area contributed by atoms with E-state index in [-0.39, 0.29) is 36.0 Å². The number of aromatic hydroxyl groups is 1. The van der Waals surface area contributed by atoms with E-state index in [0.29, 0.717) is 24.6 Å². The molecule has 2 aromatic rings. The highest BCUT2D eigenvalue weighted by Crippen LogP contribution is 2.32. The van der Waals surface area contributed by atoms with Crippen molar-refractivity contribution in [2.24, 2.45) is 5.92 Å². The molecule has 0 saturated carbocycles. The van der Waals surface area contributed by atoms with Gasteiger partial charge in [0, 0.05) is 26.1 Å². The minimum atomic E-state index is -0.387. The van der Waals surface area contributed by atoms with Crippen LogP contribution in [-0.2, 0) is 20.7 Å². The molecule has 2 N–H and O–H groups in total. The summed E-state index contributed by atoms with van der Waals surface area (Å²) in [7, 11) is 0. The SMILES string of the molecule is O=C(Nc1nnc([C@@H]2CCCO2)s1)[C@H]1CC(=O)N(CCc2ccc(O)cc2)C1. The lowest BCUT2D eigenvalue weighted by molar-refractivity contribution is -0.128. The average molecular weight is 402 g/mol. The molecule has 4 rings (SSSR count). The van der Waals surface area contributed by atoms with Gasteiger partial charge in [-0.3, -0.25) is 9.59 Å². The van der Waals surface area contributed by atoms with Crippen molar-refractivity contribution in [2.75, 3.05) is 25.0 Å². The van der Waals surface area contributed by atoms with E-state index in [1.165, 1.54) is 11.3 Å². The molecule has 0 aliphatic carbocycles. The molecular weight excluding hydrogens is 380 g/mol. The number of benzene rings is 1. The third-order valence-corrected chi connectivity index (χ3v) is 6.00. The second-order valence-electron chi connectivity index (χ2n) is 7.09. The highest BCUT2D eigenvalue weighted by molar-refractivity contribution is 7.15. The molecule has 2 atom stereocenters. The molecule has 148 valence electrons. The summed E-state index contributed by atoms with van der Waals surface area (Å²) in [5.41, 5.74) is 1.04. The number of phenols is 1. The van der Waals surface area contributed by atoms with Crippen molar-refractivity contribution in [2.45, 2.75) is 31.8 Å². The molecule has 2 amide bonds. The zero-order valence-corrected chi connectivity index (χ0v) is 16.2. The number of rotatable bonds is 6. The van der Waals surface area contributed by atoms with Crippen molar-refractivity contribution in [3.63, 3.8) is 0 Å². The molecule has 0 spiro atoms. The second kappa shape index (κ2) is 8.24. The number of carbonyl (C=O) groups is 2. The van der Waals surface area contributed by atoms with E-state index < -0.39 is 0 Å². The summed E-state index contributed by atoms with van der Waals surface area (Å²) in [6.07, 6.45) is 2.80. The number of likely N-dealkylation sites (tertiary alicyclic amines) is 1. The number of nitrogens with zero attached hydrogens (tertiary/aromatic N) is 3. The largest absolute Gasteiger partial charge is 0.508 e. The molecule has 0 radical (unpaired) electrons. The minimum absolute atomic E-state index is 0.0174. The first-order valence-electron chi connectivity index (χ1n) is 9.40. The summed E-state index contributed by atoms with van der Waals surface area (Å²) in [6.45, 7) is 1.69. The number of anilines is 1. The van der Waals surface area contributed by atoms with Gasteiger partial charge in [0.2, 0.25) is 16.9 Å². The van der Waals surface area contributed by atoms with Crippen molar-refractivity contribution in [3.8, 4) is 5.75 Å². The van der Waals surface area contributed by atoms with Crippen LogP contribution in [0, 0.1) is 5.92 Å². The number of phenolic OH excluding ortho intramolecular Hbond substituents is 1. The van der Waals surface area contributed by atoms with Gasteiger partial charge in [0.15, 0.2) is 0 Å². The molecule has 0 bridgehead atoms. The lowest BCUT2D eigenvalue weighted by Crippen LogP contribution is -2.30. The Bertz CT molecular complexity index is 848. The highest BCUT2D eigenvalue weighted by Gasteiger charge is 2.34. The van der Waals surface area contributed by atoms with E-state index in [1.807, 2.05) is 12.1 Å². The smallest absolute Gasteiger partial charge is 0.231 e. The Hall–Kier alpha value is -2.52. The van der Waals surface area contributed by atoms with Gasteiger partial charge in [0.1, 0.15) is 16.9 Å². The fourth-order valence-corrected chi connectivity index (χ4v) is 4.32. The van der Waals surface area contributed by atoms with Gasteiger partial charge in [-0.15, -0.1) is 10.2 Å². The number of ether oxygens (including phenoxy) is 1. The van der Waals surface area contributed by atoms with E-state index in [4.69, 9.17) is 4.74 Å². The first-order chi connectivity index (χ1) is 13.6. The molecule has 1 aromatic carbocycles. The maximum Gasteiger partial charge on any atom is 0.231 e. The van der Waals surface area contributed by atoms with Crippen LogP contribution < -0.4 is 5.32 Å². The summed E-state index contributed by atoms with van der Waals surface area (Å²) in [6, 6.07) is 6.93. The molecule has 2 aliphatic rings. The Balaban J connectivity index is 1.29. The summed E-state index contributed by atoms with van der Waals surface area (Å²) in [4.78, 5) is 26.5. The zero-order valence-electron chi connectivity index (χ0n) is 15.3.